The number of piperazine rings is 1. The van der Waals surface area contributed by atoms with Crippen molar-refractivity contribution in [3.05, 3.63) is 35.9 Å². The minimum atomic E-state index is -0.427. The molecule has 0 saturated carbocycles. The third-order valence-corrected chi connectivity index (χ3v) is 4.92. The molecular formula is C18H30N2O. The molecule has 3 nitrogen and oxygen atoms in total. The number of aliphatic hydroxyl groups excluding tert-OH is 1. The van der Waals surface area contributed by atoms with E-state index in [1.165, 1.54) is 0 Å². The SMILES string of the molecule is CC1CN(CC(C)(C)C(O)c2ccccc2)CC(C)N1C. The van der Waals surface area contributed by atoms with Crippen molar-refractivity contribution in [2.75, 3.05) is 26.7 Å². The average Bonchev–Trinajstić information content (AvgIpc) is 2.44. The summed E-state index contributed by atoms with van der Waals surface area (Å²) in [5, 5.41) is 10.7. The highest BCUT2D eigenvalue weighted by molar-refractivity contribution is 5.19. The van der Waals surface area contributed by atoms with Gasteiger partial charge in [-0.25, -0.2) is 0 Å². The maximum atomic E-state index is 10.7. The van der Waals surface area contributed by atoms with Gasteiger partial charge in [0.15, 0.2) is 0 Å². The first-order valence-corrected chi connectivity index (χ1v) is 7.98. The predicted molar refractivity (Wildman–Crippen MR) is 88.3 cm³/mol. The Hall–Kier alpha value is -0.900. The molecule has 0 bridgehead atoms. The zero-order valence-corrected chi connectivity index (χ0v) is 14.1. The molecule has 0 radical (unpaired) electrons. The van der Waals surface area contributed by atoms with Gasteiger partial charge in [0, 0.05) is 37.1 Å². The molecule has 1 fully saturated rings. The fourth-order valence-electron chi connectivity index (χ4n) is 3.39. The molecule has 1 saturated heterocycles. The van der Waals surface area contributed by atoms with Crippen LogP contribution in [0.15, 0.2) is 30.3 Å². The van der Waals surface area contributed by atoms with Crippen LogP contribution < -0.4 is 0 Å². The lowest BCUT2D eigenvalue weighted by atomic mass is 9.81. The van der Waals surface area contributed by atoms with Gasteiger partial charge in [0.1, 0.15) is 0 Å². The van der Waals surface area contributed by atoms with Gasteiger partial charge in [-0.1, -0.05) is 44.2 Å². The summed E-state index contributed by atoms with van der Waals surface area (Å²) in [5.41, 5.74) is 0.856. The van der Waals surface area contributed by atoms with Gasteiger partial charge in [-0.15, -0.1) is 0 Å². The van der Waals surface area contributed by atoms with Crippen molar-refractivity contribution in [3.63, 3.8) is 0 Å². The maximum absolute atomic E-state index is 10.7. The van der Waals surface area contributed by atoms with Crippen molar-refractivity contribution >= 4 is 0 Å². The van der Waals surface area contributed by atoms with Gasteiger partial charge in [0.25, 0.3) is 0 Å². The molecule has 0 aromatic heterocycles. The summed E-state index contributed by atoms with van der Waals surface area (Å²) >= 11 is 0. The third-order valence-electron chi connectivity index (χ3n) is 4.92. The Kier molecular flexibility index (Phi) is 5.07. The summed E-state index contributed by atoms with van der Waals surface area (Å²) in [6.07, 6.45) is -0.427. The van der Waals surface area contributed by atoms with Gasteiger partial charge in [-0.05, 0) is 26.5 Å². The van der Waals surface area contributed by atoms with Crippen LogP contribution in [0.2, 0.25) is 0 Å². The Labute approximate surface area is 129 Å². The predicted octanol–water partition coefficient (Wildman–Crippen LogP) is 2.77. The Morgan fingerprint density at radius 2 is 1.67 bits per heavy atom. The molecule has 21 heavy (non-hydrogen) atoms. The van der Waals surface area contributed by atoms with Gasteiger partial charge in [-0.3, -0.25) is 9.80 Å². The second-order valence-electron chi connectivity index (χ2n) is 7.36. The fourth-order valence-corrected chi connectivity index (χ4v) is 3.39. The molecule has 1 aromatic carbocycles. The largest absolute Gasteiger partial charge is 0.388 e. The second-order valence-corrected chi connectivity index (χ2v) is 7.36. The van der Waals surface area contributed by atoms with Crippen LogP contribution in [0.4, 0.5) is 0 Å². The Morgan fingerprint density at radius 1 is 1.14 bits per heavy atom. The zero-order chi connectivity index (χ0) is 15.6. The lowest BCUT2D eigenvalue weighted by Crippen LogP contribution is -2.56. The molecule has 118 valence electrons. The highest BCUT2D eigenvalue weighted by Crippen LogP contribution is 2.34. The highest BCUT2D eigenvalue weighted by Gasteiger charge is 2.34. The lowest BCUT2D eigenvalue weighted by molar-refractivity contribution is -0.0120. The minimum Gasteiger partial charge on any atom is -0.388 e. The molecule has 3 unspecified atom stereocenters. The van der Waals surface area contributed by atoms with E-state index in [2.05, 4.69) is 44.5 Å². The average molecular weight is 290 g/mol. The topological polar surface area (TPSA) is 26.7 Å². The minimum absolute atomic E-state index is 0.156. The summed E-state index contributed by atoms with van der Waals surface area (Å²) in [4.78, 5) is 4.94. The van der Waals surface area contributed by atoms with Crippen LogP contribution in [0.25, 0.3) is 0 Å². The van der Waals surface area contributed by atoms with Gasteiger partial charge in [0.2, 0.25) is 0 Å². The first-order chi connectivity index (χ1) is 9.81. The Bertz CT molecular complexity index is 434. The van der Waals surface area contributed by atoms with E-state index in [0.717, 1.165) is 25.2 Å². The third kappa shape index (κ3) is 3.85. The van der Waals surface area contributed by atoms with Crippen LogP contribution in [0.1, 0.15) is 39.4 Å². The van der Waals surface area contributed by atoms with Crippen molar-refractivity contribution in [1.29, 1.82) is 0 Å². The van der Waals surface area contributed by atoms with Crippen molar-refractivity contribution in [1.82, 2.24) is 9.80 Å². The number of rotatable bonds is 4. The van der Waals surface area contributed by atoms with Crippen molar-refractivity contribution in [3.8, 4) is 0 Å². The Balaban J connectivity index is 2.04. The van der Waals surface area contributed by atoms with E-state index in [1.54, 1.807) is 0 Å². The summed E-state index contributed by atoms with van der Waals surface area (Å²) in [6, 6.07) is 11.1. The quantitative estimate of drug-likeness (QED) is 0.923. The molecule has 0 spiro atoms. The Morgan fingerprint density at radius 3 is 2.19 bits per heavy atom. The molecule has 3 heteroatoms. The summed E-state index contributed by atoms with van der Waals surface area (Å²) in [5.74, 6) is 0. The highest BCUT2D eigenvalue weighted by atomic mass is 16.3. The van der Waals surface area contributed by atoms with Crippen LogP contribution in [-0.2, 0) is 0 Å². The molecule has 1 heterocycles. The van der Waals surface area contributed by atoms with Crippen LogP contribution in [0.5, 0.6) is 0 Å². The molecular weight excluding hydrogens is 260 g/mol. The van der Waals surface area contributed by atoms with Crippen LogP contribution in [0.3, 0.4) is 0 Å². The van der Waals surface area contributed by atoms with Crippen LogP contribution >= 0.6 is 0 Å². The van der Waals surface area contributed by atoms with E-state index in [4.69, 9.17) is 0 Å². The fraction of sp³-hybridized carbons (Fsp3) is 0.667. The smallest absolute Gasteiger partial charge is 0.0853 e. The van der Waals surface area contributed by atoms with Crippen LogP contribution in [-0.4, -0.2) is 53.7 Å². The zero-order valence-electron chi connectivity index (χ0n) is 14.1. The van der Waals surface area contributed by atoms with E-state index in [0.29, 0.717) is 12.1 Å². The van der Waals surface area contributed by atoms with E-state index in [1.807, 2.05) is 30.3 Å². The molecule has 1 aromatic rings. The monoisotopic (exact) mass is 290 g/mol. The molecule has 1 aliphatic rings. The van der Waals surface area contributed by atoms with Crippen molar-refractivity contribution in [2.45, 2.75) is 45.9 Å². The molecule has 0 amide bonds. The molecule has 3 atom stereocenters. The standard InChI is InChI=1S/C18H30N2O/c1-14-11-20(12-15(2)19(14)5)13-18(3,4)17(21)16-9-7-6-8-10-16/h6-10,14-15,17,21H,11-13H2,1-5H3. The first kappa shape index (κ1) is 16.5. The number of hydrogen-bond donors (Lipinski definition) is 1. The van der Waals surface area contributed by atoms with Crippen molar-refractivity contribution < 1.29 is 5.11 Å². The first-order valence-electron chi connectivity index (χ1n) is 7.98. The van der Waals surface area contributed by atoms with Gasteiger partial charge >= 0.3 is 0 Å². The normalized spacial score (nSPS) is 26.8. The van der Waals surface area contributed by atoms with E-state index >= 15 is 0 Å². The summed E-state index contributed by atoms with van der Waals surface area (Å²) in [7, 11) is 2.20. The van der Waals surface area contributed by atoms with Crippen molar-refractivity contribution in [2.24, 2.45) is 5.41 Å². The lowest BCUT2D eigenvalue weighted by Gasteiger charge is -2.45. The summed E-state index contributed by atoms with van der Waals surface area (Å²) < 4.78 is 0. The molecule has 1 N–H and O–H groups in total. The van der Waals surface area contributed by atoms with E-state index in [9.17, 15) is 5.11 Å². The van der Waals surface area contributed by atoms with Gasteiger partial charge in [0.05, 0.1) is 6.10 Å². The molecule has 0 aliphatic carbocycles. The van der Waals surface area contributed by atoms with Crippen LogP contribution in [0, 0.1) is 5.41 Å². The van der Waals surface area contributed by atoms with Gasteiger partial charge < -0.3 is 5.11 Å². The number of benzene rings is 1. The number of hydrogen-bond acceptors (Lipinski definition) is 3. The van der Waals surface area contributed by atoms with E-state index in [-0.39, 0.29) is 5.41 Å². The number of nitrogens with zero attached hydrogens (tertiary/aromatic N) is 2. The van der Waals surface area contributed by atoms with E-state index < -0.39 is 6.10 Å². The maximum Gasteiger partial charge on any atom is 0.0853 e. The number of likely N-dealkylation sites (N-methyl/N-ethyl adjacent to an activating group) is 1. The molecule has 1 aliphatic heterocycles. The molecule has 2 rings (SSSR count). The summed E-state index contributed by atoms with van der Waals surface area (Å²) in [6.45, 7) is 12.0. The number of aliphatic hydroxyl groups is 1. The second kappa shape index (κ2) is 6.47. The van der Waals surface area contributed by atoms with Gasteiger partial charge in [-0.2, -0.15) is 0 Å².